The number of sulfonamides is 1. The van der Waals surface area contributed by atoms with E-state index in [2.05, 4.69) is 5.32 Å². The van der Waals surface area contributed by atoms with Crippen molar-refractivity contribution in [2.45, 2.75) is 49.5 Å². The lowest BCUT2D eigenvalue weighted by molar-refractivity contribution is -0.120. The number of nitrogens with one attached hydrogen (secondary N) is 1. The summed E-state index contributed by atoms with van der Waals surface area (Å²) in [4.78, 5) is 12.8. The number of hydrogen-bond acceptors (Lipinski definition) is 3. The van der Waals surface area contributed by atoms with Gasteiger partial charge >= 0.3 is 0 Å². The summed E-state index contributed by atoms with van der Waals surface area (Å²) < 4.78 is 27.6. The first-order valence-electron chi connectivity index (χ1n) is 9.59. The normalized spacial score (nSPS) is 15.6. The van der Waals surface area contributed by atoms with Crippen LogP contribution in [0.4, 0.5) is 5.69 Å². The zero-order valence-electron chi connectivity index (χ0n) is 15.7. The maximum Gasteiger partial charge on any atom is 0.264 e. The zero-order chi connectivity index (χ0) is 20.0. The van der Waals surface area contributed by atoms with E-state index in [9.17, 15) is 13.2 Å². The van der Waals surface area contributed by atoms with Gasteiger partial charge < -0.3 is 5.32 Å². The fraction of sp³-hybridized carbons (Fsp3) is 0.381. The molecular formula is C21H25ClN2O3S. The van der Waals surface area contributed by atoms with Crippen LogP contribution in [0.2, 0.25) is 5.02 Å². The highest BCUT2D eigenvalue weighted by molar-refractivity contribution is 7.92. The summed E-state index contributed by atoms with van der Waals surface area (Å²) in [6.45, 7) is -0.258. The first-order chi connectivity index (χ1) is 13.5. The van der Waals surface area contributed by atoms with Crippen LogP contribution < -0.4 is 9.62 Å². The largest absolute Gasteiger partial charge is 0.352 e. The lowest BCUT2D eigenvalue weighted by atomic mass is 10.1. The fourth-order valence-corrected chi connectivity index (χ4v) is 5.02. The third kappa shape index (κ3) is 5.26. The number of benzene rings is 2. The number of rotatable bonds is 6. The monoisotopic (exact) mass is 420 g/mol. The quantitative estimate of drug-likeness (QED) is 0.705. The van der Waals surface area contributed by atoms with E-state index in [1.807, 2.05) is 6.07 Å². The number of carbonyl (C=O) groups is 1. The van der Waals surface area contributed by atoms with Crippen LogP contribution in [0.25, 0.3) is 0 Å². The van der Waals surface area contributed by atoms with Crippen LogP contribution in [0, 0.1) is 0 Å². The van der Waals surface area contributed by atoms with Crippen molar-refractivity contribution in [2.24, 2.45) is 0 Å². The molecule has 5 nitrogen and oxygen atoms in total. The molecule has 0 aromatic heterocycles. The Morgan fingerprint density at radius 2 is 1.57 bits per heavy atom. The predicted molar refractivity (Wildman–Crippen MR) is 112 cm³/mol. The molecule has 28 heavy (non-hydrogen) atoms. The van der Waals surface area contributed by atoms with Gasteiger partial charge in [0.2, 0.25) is 5.91 Å². The topological polar surface area (TPSA) is 66.5 Å². The molecule has 0 spiro atoms. The van der Waals surface area contributed by atoms with Crippen LogP contribution in [-0.4, -0.2) is 26.9 Å². The van der Waals surface area contributed by atoms with E-state index >= 15 is 0 Å². The molecule has 3 rings (SSSR count). The maximum atomic E-state index is 13.2. The van der Waals surface area contributed by atoms with Gasteiger partial charge in [0, 0.05) is 11.1 Å². The van der Waals surface area contributed by atoms with Crippen molar-refractivity contribution in [3.05, 3.63) is 59.6 Å². The lowest BCUT2D eigenvalue weighted by Gasteiger charge is -2.25. The standard InChI is InChI=1S/C21H25ClN2O3S/c22-17-12-14-20(15-13-17)28(26,27)24(19-10-6-3-7-11-19)16-21(25)23-18-8-4-1-2-5-9-18/h3,6-7,10-15,18H,1-2,4-5,8-9,16H2,(H,23,25). The Hall–Kier alpha value is -2.05. The van der Waals surface area contributed by atoms with E-state index in [0.717, 1.165) is 30.0 Å². The van der Waals surface area contributed by atoms with Crippen molar-refractivity contribution in [1.29, 1.82) is 0 Å². The van der Waals surface area contributed by atoms with Crippen LogP contribution in [0.3, 0.4) is 0 Å². The van der Waals surface area contributed by atoms with Gasteiger partial charge in [0.25, 0.3) is 10.0 Å². The number of hydrogen-bond donors (Lipinski definition) is 1. The van der Waals surface area contributed by atoms with Gasteiger partial charge in [-0.05, 0) is 49.2 Å². The van der Waals surface area contributed by atoms with Gasteiger partial charge in [0.15, 0.2) is 0 Å². The molecular weight excluding hydrogens is 396 g/mol. The van der Waals surface area contributed by atoms with E-state index in [1.165, 1.54) is 37.1 Å². The molecule has 0 atom stereocenters. The van der Waals surface area contributed by atoms with Crippen molar-refractivity contribution in [1.82, 2.24) is 5.32 Å². The Morgan fingerprint density at radius 1 is 0.964 bits per heavy atom. The summed E-state index contributed by atoms with van der Waals surface area (Å²) in [6.07, 6.45) is 6.45. The van der Waals surface area contributed by atoms with Crippen molar-refractivity contribution in [2.75, 3.05) is 10.8 Å². The molecule has 0 aliphatic heterocycles. The highest BCUT2D eigenvalue weighted by Gasteiger charge is 2.28. The number of anilines is 1. The third-order valence-corrected chi connectivity index (χ3v) is 6.99. The molecule has 1 saturated carbocycles. The Labute approximate surface area is 171 Å². The van der Waals surface area contributed by atoms with Gasteiger partial charge in [0.05, 0.1) is 10.6 Å². The molecule has 0 saturated heterocycles. The summed E-state index contributed by atoms with van der Waals surface area (Å²) in [5, 5.41) is 3.48. The van der Waals surface area contributed by atoms with Gasteiger partial charge in [-0.15, -0.1) is 0 Å². The lowest BCUT2D eigenvalue weighted by Crippen LogP contribution is -2.44. The van der Waals surface area contributed by atoms with Crippen LogP contribution in [0.5, 0.6) is 0 Å². The second kappa shape index (κ2) is 9.43. The van der Waals surface area contributed by atoms with E-state index < -0.39 is 10.0 Å². The molecule has 1 fully saturated rings. The predicted octanol–water partition coefficient (Wildman–Crippen LogP) is 4.37. The number of halogens is 1. The van der Waals surface area contributed by atoms with Crippen molar-refractivity contribution in [3.8, 4) is 0 Å². The second-order valence-corrected chi connectivity index (χ2v) is 9.36. The number of nitrogens with zero attached hydrogens (tertiary/aromatic N) is 1. The third-order valence-electron chi connectivity index (χ3n) is 4.95. The Bertz CT molecular complexity index is 878. The van der Waals surface area contributed by atoms with Crippen molar-refractivity contribution in [3.63, 3.8) is 0 Å². The summed E-state index contributed by atoms with van der Waals surface area (Å²) in [7, 11) is -3.90. The average molecular weight is 421 g/mol. The molecule has 150 valence electrons. The van der Waals surface area contributed by atoms with Gasteiger partial charge in [-0.2, -0.15) is 0 Å². The van der Waals surface area contributed by atoms with E-state index in [1.54, 1.807) is 24.3 Å². The molecule has 7 heteroatoms. The molecule has 2 aromatic carbocycles. The van der Waals surface area contributed by atoms with Gasteiger partial charge in [-0.25, -0.2) is 8.42 Å². The second-order valence-electron chi connectivity index (χ2n) is 7.06. The molecule has 1 aliphatic carbocycles. The molecule has 0 radical (unpaired) electrons. The summed E-state index contributed by atoms with van der Waals surface area (Å²) in [5.74, 6) is -0.284. The van der Waals surface area contributed by atoms with E-state index in [4.69, 9.17) is 11.6 Å². The Kier molecular flexibility index (Phi) is 6.97. The van der Waals surface area contributed by atoms with Gasteiger partial charge in [-0.3, -0.25) is 9.10 Å². The summed E-state index contributed by atoms with van der Waals surface area (Å²) in [6, 6.07) is 14.8. The molecule has 2 aromatic rings. The fourth-order valence-electron chi connectivity index (χ4n) is 3.47. The summed E-state index contributed by atoms with van der Waals surface area (Å²) >= 11 is 5.89. The molecule has 0 heterocycles. The number of amides is 1. The first-order valence-corrected chi connectivity index (χ1v) is 11.4. The SMILES string of the molecule is O=C(CN(c1ccccc1)S(=O)(=O)c1ccc(Cl)cc1)NC1CCCCCC1. The molecule has 0 bridgehead atoms. The minimum Gasteiger partial charge on any atom is -0.352 e. The highest BCUT2D eigenvalue weighted by Crippen LogP contribution is 2.24. The van der Waals surface area contributed by atoms with Crippen LogP contribution in [0.1, 0.15) is 38.5 Å². The molecule has 1 amide bonds. The van der Waals surface area contributed by atoms with Crippen LogP contribution in [-0.2, 0) is 14.8 Å². The van der Waals surface area contributed by atoms with Crippen LogP contribution in [0.15, 0.2) is 59.5 Å². The summed E-state index contributed by atoms with van der Waals surface area (Å²) in [5.41, 5.74) is 0.452. The Balaban J connectivity index is 1.83. The van der Waals surface area contributed by atoms with E-state index in [0.29, 0.717) is 10.7 Å². The smallest absolute Gasteiger partial charge is 0.264 e. The van der Waals surface area contributed by atoms with Crippen molar-refractivity contribution >= 4 is 33.2 Å². The highest BCUT2D eigenvalue weighted by atomic mass is 35.5. The molecule has 1 aliphatic rings. The van der Waals surface area contributed by atoms with Gasteiger partial charge in [-0.1, -0.05) is 55.5 Å². The van der Waals surface area contributed by atoms with Gasteiger partial charge in [0.1, 0.15) is 6.54 Å². The minimum absolute atomic E-state index is 0.100. The molecule has 1 N–H and O–H groups in total. The maximum absolute atomic E-state index is 13.2. The Morgan fingerprint density at radius 3 is 2.18 bits per heavy atom. The first kappa shape index (κ1) is 20.7. The zero-order valence-corrected chi connectivity index (χ0v) is 17.3. The van der Waals surface area contributed by atoms with Crippen molar-refractivity contribution < 1.29 is 13.2 Å². The van der Waals surface area contributed by atoms with Crippen LogP contribution >= 0.6 is 11.6 Å². The number of carbonyl (C=O) groups excluding carboxylic acids is 1. The number of para-hydroxylation sites is 1. The minimum atomic E-state index is -3.90. The average Bonchev–Trinajstić information content (AvgIpc) is 2.95. The molecule has 0 unspecified atom stereocenters. The van der Waals surface area contributed by atoms with E-state index in [-0.39, 0.29) is 23.4 Å².